The van der Waals surface area contributed by atoms with Gasteiger partial charge in [-0.3, -0.25) is 0 Å². The third-order valence-electron chi connectivity index (χ3n) is 3.62. The summed E-state index contributed by atoms with van der Waals surface area (Å²) in [6.45, 7) is 4.41. The molecule has 2 aliphatic heterocycles. The molecule has 0 bridgehead atoms. The molecule has 0 radical (unpaired) electrons. The van der Waals surface area contributed by atoms with Gasteiger partial charge in [0.05, 0.1) is 5.69 Å². The molecular formula is C14H18N2. The SMILES string of the molecule is Cc1cccc2c1N=C1CCCCCN1C2. The Morgan fingerprint density at radius 2 is 2.12 bits per heavy atom. The fourth-order valence-corrected chi connectivity index (χ4v) is 2.69. The quantitative estimate of drug-likeness (QED) is 0.646. The second-order valence-corrected chi connectivity index (χ2v) is 4.84. The number of nitrogens with zero attached hydrogens (tertiary/aromatic N) is 2. The average molecular weight is 214 g/mol. The molecule has 1 saturated heterocycles. The van der Waals surface area contributed by atoms with Gasteiger partial charge in [-0.15, -0.1) is 0 Å². The molecule has 2 aliphatic rings. The molecule has 0 atom stereocenters. The molecule has 1 aromatic rings. The minimum absolute atomic E-state index is 1.07. The number of aryl methyl sites for hydroxylation is 1. The van der Waals surface area contributed by atoms with E-state index in [-0.39, 0.29) is 0 Å². The van der Waals surface area contributed by atoms with Crippen LogP contribution in [0.1, 0.15) is 36.8 Å². The van der Waals surface area contributed by atoms with E-state index in [2.05, 4.69) is 30.0 Å². The highest BCUT2D eigenvalue weighted by atomic mass is 15.2. The molecule has 2 heterocycles. The van der Waals surface area contributed by atoms with E-state index in [1.54, 1.807) is 0 Å². The monoisotopic (exact) mass is 214 g/mol. The largest absolute Gasteiger partial charge is 0.356 e. The van der Waals surface area contributed by atoms with Crippen LogP contribution in [0.15, 0.2) is 23.2 Å². The zero-order valence-corrected chi connectivity index (χ0v) is 9.87. The van der Waals surface area contributed by atoms with Gasteiger partial charge in [0.15, 0.2) is 0 Å². The van der Waals surface area contributed by atoms with E-state index in [9.17, 15) is 0 Å². The predicted molar refractivity (Wildman–Crippen MR) is 67.2 cm³/mol. The molecule has 0 unspecified atom stereocenters. The molecule has 0 N–H and O–H groups in total. The lowest BCUT2D eigenvalue weighted by atomic mass is 10.1. The van der Waals surface area contributed by atoms with E-state index < -0.39 is 0 Å². The lowest BCUT2D eigenvalue weighted by molar-refractivity contribution is 0.403. The molecule has 0 aromatic heterocycles. The number of rotatable bonds is 0. The van der Waals surface area contributed by atoms with Gasteiger partial charge in [0, 0.05) is 19.5 Å². The number of aliphatic imine (C=N–C) groups is 1. The van der Waals surface area contributed by atoms with E-state index >= 15 is 0 Å². The van der Waals surface area contributed by atoms with Crippen molar-refractivity contribution in [2.24, 2.45) is 4.99 Å². The first-order valence-electron chi connectivity index (χ1n) is 6.25. The number of hydrogen-bond acceptors (Lipinski definition) is 2. The maximum absolute atomic E-state index is 4.87. The van der Waals surface area contributed by atoms with Gasteiger partial charge in [-0.2, -0.15) is 0 Å². The summed E-state index contributed by atoms with van der Waals surface area (Å²) in [5.41, 5.74) is 3.94. The summed E-state index contributed by atoms with van der Waals surface area (Å²) in [5.74, 6) is 1.32. The second kappa shape index (κ2) is 3.93. The highest BCUT2D eigenvalue weighted by Gasteiger charge is 2.21. The summed E-state index contributed by atoms with van der Waals surface area (Å²) in [7, 11) is 0. The molecule has 0 amide bonds. The summed E-state index contributed by atoms with van der Waals surface area (Å²) in [6.07, 6.45) is 5.13. The Morgan fingerprint density at radius 1 is 1.19 bits per heavy atom. The summed E-state index contributed by atoms with van der Waals surface area (Å²) >= 11 is 0. The van der Waals surface area contributed by atoms with Crippen molar-refractivity contribution in [1.82, 2.24) is 4.90 Å². The smallest absolute Gasteiger partial charge is 0.105 e. The highest BCUT2D eigenvalue weighted by molar-refractivity contribution is 5.87. The van der Waals surface area contributed by atoms with Gasteiger partial charge in [0.25, 0.3) is 0 Å². The van der Waals surface area contributed by atoms with Crippen LogP contribution in [-0.4, -0.2) is 17.3 Å². The molecule has 0 saturated carbocycles. The lowest BCUT2D eigenvalue weighted by Crippen LogP contribution is -2.32. The van der Waals surface area contributed by atoms with Gasteiger partial charge < -0.3 is 4.90 Å². The predicted octanol–water partition coefficient (Wildman–Crippen LogP) is 3.41. The Labute approximate surface area is 97.0 Å². The molecule has 0 aliphatic carbocycles. The van der Waals surface area contributed by atoms with Gasteiger partial charge in [-0.25, -0.2) is 4.99 Å². The van der Waals surface area contributed by atoms with Gasteiger partial charge in [0.1, 0.15) is 5.84 Å². The molecule has 3 rings (SSSR count). The number of para-hydroxylation sites is 1. The molecule has 2 heteroatoms. The van der Waals surface area contributed by atoms with Crippen molar-refractivity contribution in [2.45, 2.75) is 39.2 Å². The Kier molecular flexibility index (Phi) is 2.43. The van der Waals surface area contributed by atoms with Crippen LogP contribution in [0.2, 0.25) is 0 Å². The van der Waals surface area contributed by atoms with Crippen LogP contribution in [-0.2, 0) is 6.54 Å². The average Bonchev–Trinajstić information content (AvgIpc) is 2.52. The van der Waals surface area contributed by atoms with E-state index in [0.717, 1.165) is 13.0 Å². The van der Waals surface area contributed by atoms with Crippen molar-refractivity contribution in [3.63, 3.8) is 0 Å². The minimum Gasteiger partial charge on any atom is -0.356 e. The van der Waals surface area contributed by atoms with E-state index in [1.807, 2.05) is 0 Å². The summed E-state index contributed by atoms with van der Waals surface area (Å²) in [6, 6.07) is 6.52. The lowest BCUT2D eigenvalue weighted by Gasteiger charge is -2.29. The third kappa shape index (κ3) is 1.62. The Hall–Kier alpha value is -1.31. The van der Waals surface area contributed by atoms with E-state index in [0.29, 0.717) is 0 Å². The minimum atomic E-state index is 1.07. The second-order valence-electron chi connectivity index (χ2n) is 4.84. The number of amidine groups is 1. The zero-order valence-electron chi connectivity index (χ0n) is 9.87. The standard InChI is InChI=1S/C14H18N2/c1-11-6-5-7-12-10-16-9-4-2-3-8-13(16)15-14(11)12/h5-7H,2-4,8-10H2,1H3. The van der Waals surface area contributed by atoms with Crippen molar-refractivity contribution < 1.29 is 0 Å². The van der Waals surface area contributed by atoms with Gasteiger partial charge >= 0.3 is 0 Å². The molecule has 16 heavy (non-hydrogen) atoms. The van der Waals surface area contributed by atoms with Gasteiger partial charge in [-0.05, 0) is 30.9 Å². The summed E-state index contributed by atoms with van der Waals surface area (Å²) in [5, 5.41) is 0. The molecule has 2 nitrogen and oxygen atoms in total. The van der Waals surface area contributed by atoms with Gasteiger partial charge in [-0.1, -0.05) is 24.6 Å². The van der Waals surface area contributed by atoms with E-state index in [4.69, 9.17) is 4.99 Å². The van der Waals surface area contributed by atoms with Crippen molar-refractivity contribution in [3.8, 4) is 0 Å². The molecule has 0 spiro atoms. The molecular weight excluding hydrogens is 196 g/mol. The van der Waals surface area contributed by atoms with Crippen molar-refractivity contribution in [1.29, 1.82) is 0 Å². The first-order chi connectivity index (χ1) is 7.84. The zero-order chi connectivity index (χ0) is 11.0. The van der Waals surface area contributed by atoms with Crippen LogP contribution < -0.4 is 0 Å². The van der Waals surface area contributed by atoms with Crippen LogP contribution in [0.4, 0.5) is 5.69 Å². The van der Waals surface area contributed by atoms with Crippen LogP contribution in [0.5, 0.6) is 0 Å². The topological polar surface area (TPSA) is 15.6 Å². The maximum atomic E-state index is 4.87. The summed E-state index contributed by atoms with van der Waals surface area (Å²) in [4.78, 5) is 7.34. The van der Waals surface area contributed by atoms with Crippen molar-refractivity contribution >= 4 is 11.5 Å². The van der Waals surface area contributed by atoms with E-state index in [1.165, 1.54) is 48.5 Å². The Bertz CT molecular complexity index is 434. The number of hydrogen-bond donors (Lipinski definition) is 0. The third-order valence-corrected chi connectivity index (χ3v) is 3.62. The van der Waals surface area contributed by atoms with Crippen molar-refractivity contribution in [3.05, 3.63) is 29.3 Å². The number of fused-ring (bicyclic) bond motifs is 2. The Morgan fingerprint density at radius 3 is 3.06 bits per heavy atom. The van der Waals surface area contributed by atoms with Crippen LogP contribution in [0.3, 0.4) is 0 Å². The molecule has 1 aromatic carbocycles. The molecule has 1 fully saturated rings. The Balaban J connectivity index is 2.03. The fourth-order valence-electron chi connectivity index (χ4n) is 2.69. The van der Waals surface area contributed by atoms with Gasteiger partial charge in [0.2, 0.25) is 0 Å². The fraction of sp³-hybridized carbons (Fsp3) is 0.500. The highest BCUT2D eigenvalue weighted by Crippen LogP contribution is 2.31. The van der Waals surface area contributed by atoms with Crippen molar-refractivity contribution in [2.75, 3.05) is 6.54 Å². The summed E-state index contributed by atoms with van der Waals surface area (Å²) < 4.78 is 0. The van der Waals surface area contributed by atoms with Crippen LogP contribution in [0, 0.1) is 6.92 Å². The number of benzene rings is 1. The van der Waals surface area contributed by atoms with Crippen LogP contribution in [0.25, 0.3) is 0 Å². The maximum Gasteiger partial charge on any atom is 0.105 e. The normalized spacial score (nSPS) is 19.6. The van der Waals surface area contributed by atoms with Crippen LogP contribution >= 0.6 is 0 Å². The molecule has 84 valence electrons. The first kappa shape index (κ1) is 9.88. The first-order valence-corrected chi connectivity index (χ1v) is 6.25.